The topological polar surface area (TPSA) is 41.5 Å². The van der Waals surface area contributed by atoms with Crippen LogP contribution in [-0.4, -0.2) is 25.3 Å². The van der Waals surface area contributed by atoms with Gasteiger partial charge in [-0.05, 0) is 43.5 Å². The third kappa shape index (κ3) is 2.11. The summed E-state index contributed by atoms with van der Waals surface area (Å²) in [6, 6.07) is 2.97. The second kappa shape index (κ2) is 4.70. The van der Waals surface area contributed by atoms with Crippen LogP contribution in [0.1, 0.15) is 12.0 Å². The zero-order chi connectivity index (χ0) is 11.5. The second-order valence-electron chi connectivity index (χ2n) is 4.15. The van der Waals surface area contributed by atoms with Crippen molar-refractivity contribution in [2.75, 3.05) is 20.2 Å². The molecular formula is C12H16FNO2. The molecule has 2 rings (SSSR count). The highest BCUT2D eigenvalue weighted by Crippen LogP contribution is 2.34. The minimum Gasteiger partial charge on any atom is -0.504 e. The molecular weight excluding hydrogens is 209 g/mol. The summed E-state index contributed by atoms with van der Waals surface area (Å²) in [5.74, 6) is -0.118. The number of ether oxygens (including phenoxy) is 1. The maximum absolute atomic E-state index is 13.2. The first-order valence-corrected chi connectivity index (χ1v) is 5.47. The number of methoxy groups -OCH3 is 1. The van der Waals surface area contributed by atoms with Crippen molar-refractivity contribution in [3.63, 3.8) is 0 Å². The molecule has 0 saturated carbocycles. The molecule has 1 aromatic rings. The molecule has 1 aliphatic heterocycles. The summed E-state index contributed by atoms with van der Waals surface area (Å²) >= 11 is 0. The van der Waals surface area contributed by atoms with Gasteiger partial charge in [0, 0.05) is 0 Å². The van der Waals surface area contributed by atoms with Crippen LogP contribution in [0.3, 0.4) is 0 Å². The van der Waals surface area contributed by atoms with Gasteiger partial charge in [-0.15, -0.1) is 0 Å². The molecule has 1 fully saturated rings. The predicted octanol–water partition coefficient (Wildman–Crippen LogP) is 1.69. The highest BCUT2D eigenvalue weighted by molar-refractivity contribution is 5.46. The van der Waals surface area contributed by atoms with Crippen molar-refractivity contribution < 1.29 is 14.2 Å². The van der Waals surface area contributed by atoms with Crippen molar-refractivity contribution in [1.82, 2.24) is 5.32 Å². The van der Waals surface area contributed by atoms with Gasteiger partial charge in [0.15, 0.2) is 17.3 Å². The Labute approximate surface area is 94.2 Å². The fourth-order valence-electron chi connectivity index (χ4n) is 2.15. The lowest BCUT2D eigenvalue weighted by atomic mass is 9.97. The zero-order valence-corrected chi connectivity index (χ0v) is 9.29. The van der Waals surface area contributed by atoms with Gasteiger partial charge in [0.05, 0.1) is 7.11 Å². The van der Waals surface area contributed by atoms with Crippen LogP contribution in [0, 0.1) is 11.7 Å². The number of aromatic hydroxyl groups is 1. The number of hydrogen-bond donors (Lipinski definition) is 2. The summed E-state index contributed by atoms with van der Waals surface area (Å²) in [6.45, 7) is 1.98. The molecule has 1 heterocycles. The van der Waals surface area contributed by atoms with Crippen molar-refractivity contribution in [3.8, 4) is 11.5 Å². The first-order chi connectivity index (χ1) is 7.72. The number of phenolic OH excluding ortho intramolecular Hbond substituents is 1. The number of halogens is 1. The van der Waals surface area contributed by atoms with Gasteiger partial charge in [-0.25, -0.2) is 4.39 Å². The number of hydrogen-bond acceptors (Lipinski definition) is 3. The number of phenols is 1. The Bertz CT molecular complexity index is 376. The Kier molecular flexibility index (Phi) is 3.29. The minimum atomic E-state index is -0.520. The molecule has 0 radical (unpaired) electrons. The van der Waals surface area contributed by atoms with E-state index in [4.69, 9.17) is 4.74 Å². The third-order valence-electron chi connectivity index (χ3n) is 3.04. The Morgan fingerprint density at radius 2 is 2.38 bits per heavy atom. The van der Waals surface area contributed by atoms with Crippen LogP contribution >= 0.6 is 0 Å². The van der Waals surface area contributed by atoms with E-state index in [9.17, 15) is 9.50 Å². The molecule has 0 amide bonds. The molecule has 1 atom stereocenters. The Morgan fingerprint density at radius 1 is 1.56 bits per heavy atom. The molecule has 1 unspecified atom stereocenters. The quantitative estimate of drug-likeness (QED) is 0.822. The van der Waals surface area contributed by atoms with Crippen LogP contribution in [0.2, 0.25) is 0 Å². The molecule has 0 spiro atoms. The number of benzene rings is 1. The average Bonchev–Trinajstić information content (AvgIpc) is 2.76. The van der Waals surface area contributed by atoms with Gasteiger partial charge in [-0.1, -0.05) is 6.07 Å². The molecule has 0 aromatic heterocycles. The molecule has 0 aliphatic carbocycles. The van der Waals surface area contributed by atoms with E-state index in [0.717, 1.165) is 31.5 Å². The van der Waals surface area contributed by atoms with Gasteiger partial charge in [0.25, 0.3) is 0 Å². The Balaban J connectivity index is 2.20. The van der Waals surface area contributed by atoms with Crippen LogP contribution in [0.25, 0.3) is 0 Å². The van der Waals surface area contributed by atoms with Crippen LogP contribution in [0.15, 0.2) is 12.1 Å². The molecule has 1 aromatic carbocycles. The van der Waals surface area contributed by atoms with Gasteiger partial charge in [0.2, 0.25) is 0 Å². The normalized spacial score (nSPS) is 20.0. The van der Waals surface area contributed by atoms with E-state index in [2.05, 4.69) is 5.32 Å². The summed E-state index contributed by atoms with van der Waals surface area (Å²) in [4.78, 5) is 0. The average molecular weight is 225 g/mol. The van der Waals surface area contributed by atoms with E-state index in [1.807, 2.05) is 0 Å². The van der Waals surface area contributed by atoms with Gasteiger partial charge in [-0.3, -0.25) is 0 Å². The monoisotopic (exact) mass is 225 g/mol. The smallest absolute Gasteiger partial charge is 0.196 e. The van der Waals surface area contributed by atoms with Crippen molar-refractivity contribution in [2.45, 2.75) is 12.8 Å². The molecule has 4 heteroatoms. The van der Waals surface area contributed by atoms with Gasteiger partial charge in [-0.2, -0.15) is 0 Å². The molecule has 0 bridgehead atoms. The summed E-state index contributed by atoms with van der Waals surface area (Å²) < 4.78 is 18.1. The SMILES string of the molecule is COc1c(F)ccc(CC2CCNC2)c1O. The van der Waals surface area contributed by atoms with Gasteiger partial charge in [0.1, 0.15) is 0 Å². The van der Waals surface area contributed by atoms with Crippen molar-refractivity contribution in [3.05, 3.63) is 23.5 Å². The van der Waals surface area contributed by atoms with E-state index in [-0.39, 0.29) is 11.5 Å². The predicted molar refractivity (Wildman–Crippen MR) is 59.3 cm³/mol. The van der Waals surface area contributed by atoms with E-state index in [1.54, 1.807) is 6.07 Å². The Hall–Kier alpha value is -1.29. The molecule has 88 valence electrons. The van der Waals surface area contributed by atoms with Gasteiger partial charge < -0.3 is 15.2 Å². The molecule has 16 heavy (non-hydrogen) atoms. The number of nitrogens with one attached hydrogen (secondary N) is 1. The minimum absolute atomic E-state index is 0.0524. The summed E-state index contributed by atoms with van der Waals surface area (Å²) in [7, 11) is 1.36. The van der Waals surface area contributed by atoms with Crippen molar-refractivity contribution >= 4 is 0 Å². The zero-order valence-electron chi connectivity index (χ0n) is 9.29. The summed E-state index contributed by atoms with van der Waals surface area (Å²) in [5.41, 5.74) is 0.756. The standard InChI is InChI=1S/C12H16FNO2/c1-16-12-10(13)3-2-9(11(12)15)6-8-4-5-14-7-8/h2-3,8,14-15H,4-7H2,1H3. The van der Waals surface area contributed by atoms with E-state index in [0.29, 0.717) is 5.92 Å². The lowest BCUT2D eigenvalue weighted by Crippen LogP contribution is -2.11. The molecule has 1 saturated heterocycles. The maximum atomic E-state index is 13.2. The van der Waals surface area contributed by atoms with E-state index < -0.39 is 5.82 Å². The highest BCUT2D eigenvalue weighted by atomic mass is 19.1. The van der Waals surface area contributed by atoms with Crippen LogP contribution in [0.4, 0.5) is 4.39 Å². The van der Waals surface area contributed by atoms with E-state index >= 15 is 0 Å². The van der Waals surface area contributed by atoms with Crippen LogP contribution < -0.4 is 10.1 Å². The molecule has 2 N–H and O–H groups in total. The fraction of sp³-hybridized carbons (Fsp3) is 0.500. The van der Waals surface area contributed by atoms with Crippen molar-refractivity contribution in [2.24, 2.45) is 5.92 Å². The second-order valence-corrected chi connectivity index (χ2v) is 4.15. The fourth-order valence-corrected chi connectivity index (χ4v) is 2.15. The largest absolute Gasteiger partial charge is 0.504 e. The number of rotatable bonds is 3. The lowest BCUT2D eigenvalue weighted by molar-refractivity contribution is 0.347. The van der Waals surface area contributed by atoms with E-state index in [1.165, 1.54) is 13.2 Å². The highest BCUT2D eigenvalue weighted by Gasteiger charge is 2.19. The molecule has 1 aliphatic rings. The first kappa shape index (κ1) is 11.2. The third-order valence-corrected chi connectivity index (χ3v) is 3.04. The van der Waals surface area contributed by atoms with Gasteiger partial charge >= 0.3 is 0 Å². The van der Waals surface area contributed by atoms with Crippen LogP contribution in [-0.2, 0) is 6.42 Å². The Morgan fingerprint density at radius 3 is 3.00 bits per heavy atom. The summed E-state index contributed by atoms with van der Waals surface area (Å²) in [5, 5.41) is 13.1. The molecule has 3 nitrogen and oxygen atoms in total. The van der Waals surface area contributed by atoms with Crippen LogP contribution in [0.5, 0.6) is 11.5 Å². The first-order valence-electron chi connectivity index (χ1n) is 5.47. The lowest BCUT2D eigenvalue weighted by Gasteiger charge is -2.12. The maximum Gasteiger partial charge on any atom is 0.196 e. The summed E-state index contributed by atoms with van der Waals surface area (Å²) in [6.07, 6.45) is 1.86. The van der Waals surface area contributed by atoms with Crippen molar-refractivity contribution in [1.29, 1.82) is 0 Å².